The van der Waals surface area contributed by atoms with Crippen LogP contribution in [0.2, 0.25) is 0 Å². The van der Waals surface area contributed by atoms with Crippen LogP contribution < -0.4 is 5.32 Å². The van der Waals surface area contributed by atoms with Crippen molar-refractivity contribution in [2.24, 2.45) is 0 Å². The van der Waals surface area contributed by atoms with Gasteiger partial charge in [-0.3, -0.25) is 0 Å². The van der Waals surface area contributed by atoms with Gasteiger partial charge in [-0.15, -0.1) is 0 Å². The lowest BCUT2D eigenvalue weighted by molar-refractivity contribution is 0.161. The minimum atomic E-state index is 0.729. The highest BCUT2D eigenvalue weighted by Gasteiger charge is 2.25. The zero-order valence-corrected chi connectivity index (χ0v) is 12.9. The van der Waals surface area contributed by atoms with E-state index in [1.165, 1.54) is 70.9 Å². The van der Waals surface area contributed by atoms with Gasteiger partial charge in [0.05, 0.1) is 0 Å². The number of likely N-dealkylation sites (N-methyl/N-ethyl adjacent to an activating group) is 1. The topological polar surface area (TPSA) is 15.3 Å². The molecule has 0 aliphatic heterocycles. The molecule has 0 aromatic heterocycles. The Morgan fingerprint density at radius 3 is 2.39 bits per heavy atom. The number of hydrogen-bond donors (Lipinski definition) is 1. The lowest BCUT2D eigenvalue weighted by atomic mass is 9.91. The third kappa shape index (κ3) is 5.71. The Balaban J connectivity index is 2.52. The zero-order chi connectivity index (χ0) is 13.2. The molecule has 1 fully saturated rings. The third-order valence-corrected chi connectivity index (χ3v) is 4.32. The highest BCUT2D eigenvalue weighted by atomic mass is 15.2. The van der Waals surface area contributed by atoms with Crippen molar-refractivity contribution in [2.45, 2.75) is 83.7 Å². The molecule has 0 amide bonds. The molecule has 0 heterocycles. The average molecular weight is 254 g/mol. The molecule has 1 rings (SSSR count). The first-order chi connectivity index (χ1) is 8.79. The molecular formula is C16H34N2. The average Bonchev–Trinajstić information content (AvgIpc) is 2.35. The second kappa shape index (κ2) is 9.80. The normalized spacial score (nSPS) is 26.0. The van der Waals surface area contributed by atoms with Gasteiger partial charge in [-0.25, -0.2) is 0 Å². The molecule has 0 spiro atoms. The van der Waals surface area contributed by atoms with E-state index in [-0.39, 0.29) is 0 Å². The molecule has 1 aliphatic rings. The Labute approximate surface area is 115 Å². The molecule has 2 heteroatoms. The Hall–Kier alpha value is -0.0800. The maximum Gasteiger partial charge on any atom is 0.0246 e. The standard InChI is InChI=1S/C16H34N2/c1-4-6-14-18(3)16-12-10-8-7-9-11-15(16)17-13-5-2/h15-17H,4-14H2,1-3H3. The van der Waals surface area contributed by atoms with Gasteiger partial charge < -0.3 is 10.2 Å². The highest BCUT2D eigenvalue weighted by Crippen LogP contribution is 2.21. The second-order valence-corrected chi connectivity index (χ2v) is 5.95. The fourth-order valence-corrected chi connectivity index (χ4v) is 3.13. The van der Waals surface area contributed by atoms with Crippen LogP contribution in [0.4, 0.5) is 0 Å². The largest absolute Gasteiger partial charge is 0.312 e. The van der Waals surface area contributed by atoms with Gasteiger partial charge in [0.2, 0.25) is 0 Å². The summed E-state index contributed by atoms with van der Waals surface area (Å²) in [4.78, 5) is 2.63. The van der Waals surface area contributed by atoms with E-state index in [0.717, 1.165) is 12.1 Å². The fraction of sp³-hybridized carbons (Fsp3) is 1.00. The molecule has 0 saturated heterocycles. The molecular weight excluding hydrogens is 220 g/mol. The van der Waals surface area contributed by atoms with Crippen molar-refractivity contribution in [2.75, 3.05) is 20.1 Å². The summed E-state index contributed by atoms with van der Waals surface area (Å²) in [6.07, 6.45) is 12.4. The smallest absolute Gasteiger partial charge is 0.0246 e. The van der Waals surface area contributed by atoms with Crippen molar-refractivity contribution in [1.29, 1.82) is 0 Å². The second-order valence-electron chi connectivity index (χ2n) is 5.95. The quantitative estimate of drug-likeness (QED) is 0.743. The predicted octanol–water partition coefficient (Wildman–Crippen LogP) is 3.81. The van der Waals surface area contributed by atoms with E-state index >= 15 is 0 Å². The van der Waals surface area contributed by atoms with Gasteiger partial charge >= 0.3 is 0 Å². The van der Waals surface area contributed by atoms with Gasteiger partial charge in [-0.05, 0) is 45.8 Å². The minimum absolute atomic E-state index is 0.729. The molecule has 0 aromatic rings. The fourth-order valence-electron chi connectivity index (χ4n) is 3.13. The first-order valence-corrected chi connectivity index (χ1v) is 8.23. The van der Waals surface area contributed by atoms with Crippen LogP contribution in [0.3, 0.4) is 0 Å². The van der Waals surface area contributed by atoms with Crippen molar-refractivity contribution in [3.05, 3.63) is 0 Å². The molecule has 1 aliphatic carbocycles. The number of nitrogens with one attached hydrogen (secondary N) is 1. The van der Waals surface area contributed by atoms with Gasteiger partial charge in [0, 0.05) is 12.1 Å². The number of unbranched alkanes of at least 4 members (excludes halogenated alkanes) is 1. The SMILES string of the molecule is CCCCN(C)C1CCCCCCC1NCCC. The van der Waals surface area contributed by atoms with Crippen molar-refractivity contribution in [1.82, 2.24) is 10.2 Å². The van der Waals surface area contributed by atoms with Crippen LogP contribution >= 0.6 is 0 Å². The molecule has 108 valence electrons. The molecule has 2 atom stereocenters. The summed E-state index contributed by atoms with van der Waals surface area (Å²) in [5.74, 6) is 0. The molecule has 2 nitrogen and oxygen atoms in total. The molecule has 0 aromatic carbocycles. The summed E-state index contributed by atoms with van der Waals surface area (Å²) in [5.41, 5.74) is 0. The third-order valence-electron chi connectivity index (χ3n) is 4.32. The molecule has 1 N–H and O–H groups in total. The Bertz CT molecular complexity index is 192. The van der Waals surface area contributed by atoms with E-state index in [4.69, 9.17) is 0 Å². The van der Waals surface area contributed by atoms with Crippen LogP contribution in [0.5, 0.6) is 0 Å². The van der Waals surface area contributed by atoms with Crippen LogP contribution in [0.1, 0.15) is 71.6 Å². The summed E-state index contributed by atoms with van der Waals surface area (Å²) >= 11 is 0. The van der Waals surface area contributed by atoms with Gasteiger partial charge in [0.25, 0.3) is 0 Å². The van der Waals surface area contributed by atoms with E-state index in [0.29, 0.717) is 0 Å². The Morgan fingerprint density at radius 1 is 1.00 bits per heavy atom. The first kappa shape index (κ1) is 16.0. The Morgan fingerprint density at radius 2 is 1.72 bits per heavy atom. The predicted molar refractivity (Wildman–Crippen MR) is 81.1 cm³/mol. The number of hydrogen-bond acceptors (Lipinski definition) is 2. The lowest BCUT2D eigenvalue weighted by Crippen LogP contribution is -2.49. The molecule has 2 unspecified atom stereocenters. The summed E-state index contributed by atoms with van der Waals surface area (Å²) < 4.78 is 0. The molecule has 18 heavy (non-hydrogen) atoms. The molecule has 0 radical (unpaired) electrons. The van der Waals surface area contributed by atoms with E-state index in [1.807, 2.05) is 0 Å². The van der Waals surface area contributed by atoms with Crippen molar-refractivity contribution < 1.29 is 0 Å². The van der Waals surface area contributed by atoms with E-state index in [9.17, 15) is 0 Å². The summed E-state index contributed by atoms with van der Waals surface area (Å²) in [6.45, 7) is 7.01. The van der Waals surface area contributed by atoms with E-state index in [1.54, 1.807) is 0 Å². The van der Waals surface area contributed by atoms with E-state index < -0.39 is 0 Å². The number of nitrogens with zero attached hydrogens (tertiary/aromatic N) is 1. The minimum Gasteiger partial charge on any atom is -0.312 e. The summed E-state index contributed by atoms with van der Waals surface area (Å²) in [5, 5.41) is 3.80. The first-order valence-electron chi connectivity index (χ1n) is 8.23. The molecule has 0 bridgehead atoms. The van der Waals surface area contributed by atoms with Crippen LogP contribution in [0.25, 0.3) is 0 Å². The summed E-state index contributed by atoms with van der Waals surface area (Å²) in [7, 11) is 2.34. The Kier molecular flexibility index (Phi) is 8.70. The molecule has 1 saturated carbocycles. The maximum absolute atomic E-state index is 3.80. The van der Waals surface area contributed by atoms with Crippen LogP contribution in [-0.4, -0.2) is 37.1 Å². The van der Waals surface area contributed by atoms with E-state index in [2.05, 4.69) is 31.1 Å². The van der Waals surface area contributed by atoms with Crippen molar-refractivity contribution in [3.8, 4) is 0 Å². The van der Waals surface area contributed by atoms with Crippen molar-refractivity contribution >= 4 is 0 Å². The van der Waals surface area contributed by atoms with Gasteiger partial charge in [-0.2, -0.15) is 0 Å². The van der Waals surface area contributed by atoms with Crippen LogP contribution in [0, 0.1) is 0 Å². The van der Waals surface area contributed by atoms with Crippen molar-refractivity contribution in [3.63, 3.8) is 0 Å². The monoisotopic (exact) mass is 254 g/mol. The lowest BCUT2D eigenvalue weighted by Gasteiger charge is -2.37. The van der Waals surface area contributed by atoms with Gasteiger partial charge in [0.1, 0.15) is 0 Å². The maximum atomic E-state index is 3.80. The summed E-state index contributed by atoms with van der Waals surface area (Å²) in [6, 6.07) is 1.50. The van der Waals surface area contributed by atoms with Crippen LogP contribution in [-0.2, 0) is 0 Å². The van der Waals surface area contributed by atoms with Gasteiger partial charge in [-0.1, -0.05) is 46.0 Å². The highest BCUT2D eigenvalue weighted by molar-refractivity contribution is 4.84. The van der Waals surface area contributed by atoms with Gasteiger partial charge in [0.15, 0.2) is 0 Å². The van der Waals surface area contributed by atoms with Crippen LogP contribution in [0.15, 0.2) is 0 Å². The number of rotatable bonds is 7. The zero-order valence-electron chi connectivity index (χ0n) is 12.9.